The second kappa shape index (κ2) is 8.42. The Morgan fingerprint density at radius 2 is 2.20 bits per heavy atom. The normalized spacial score (nSPS) is 12.7. The van der Waals surface area contributed by atoms with Gasteiger partial charge in [-0.05, 0) is 34.7 Å². The summed E-state index contributed by atoms with van der Waals surface area (Å²) in [5, 5.41) is 16.7. The molecule has 1 rings (SSSR count). The van der Waals surface area contributed by atoms with Crippen molar-refractivity contribution in [1.82, 2.24) is 9.78 Å². The van der Waals surface area contributed by atoms with Crippen LogP contribution >= 0.6 is 15.9 Å². The Bertz CT molecular complexity index is 474. The number of aliphatic hydroxyl groups is 1. The third kappa shape index (κ3) is 4.90. The molecule has 1 unspecified atom stereocenters. The summed E-state index contributed by atoms with van der Waals surface area (Å²) in [6.07, 6.45) is 4.43. The molecule has 1 aromatic rings. The van der Waals surface area contributed by atoms with Crippen molar-refractivity contribution in [2.24, 2.45) is 5.92 Å². The zero-order chi connectivity index (χ0) is 15.1. The molecular formula is C14H24BrN3O2. The van der Waals surface area contributed by atoms with Crippen LogP contribution < -0.4 is 10.9 Å². The van der Waals surface area contributed by atoms with Crippen molar-refractivity contribution >= 4 is 21.6 Å². The van der Waals surface area contributed by atoms with E-state index in [0.29, 0.717) is 22.6 Å². The highest BCUT2D eigenvalue weighted by molar-refractivity contribution is 9.10. The summed E-state index contributed by atoms with van der Waals surface area (Å²) >= 11 is 3.33. The molecule has 114 valence electrons. The molecule has 0 aliphatic carbocycles. The molecule has 0 aromatic carbocycles. The van der Waals surface area contributed by atoms with E-state index in [4.69, 9.17) is 0 Å². The van der Waals surface area contributed by atoms with E-state index < -0.39 is 0 Å². The molecular weight excluding hydrogens is 322 g/mol. The van der Waals surface area contributed by atoms with Gasteiger partial charge in [-0.1, -0.05) is 27.2 Å². The lowest BCUT2D eigenvalue weighted by Gasteiger charge is -2.20. The van der Waals surface area contributed by atoms with Crippen LogP contribution in [0, 0.1) is 5.92 Å². The first-order chi connectivity index (χ1) is 9.49. The Morgan fingerprint density at radius 1 is 1.50 bits per heavy atom. The molecule has 0 aliphatic heterocycles. The molecule has 0 amide bonds. The molecule has 0 spiro atoms. The van der Waals surface area contributed by atoms with Gasteiger partial charge >= 0.3 is 0 Å². The van der Waals surface area contributed by atoms with E-state index in [2.05, 4.69) is 47.1 Å². The summed E-state index contributed by atoms with van der Waals surface area (Å²) in [7, 11) is 0. The molecule has 5 nitrogen and oxygen atoms in total. The minimum Gasteiger partial charge on any atom is -0.394 e. The van der Waals surface area contributed by atoms with Crippen LogP contribution in [0.15, 0.2) is 15.5 Å². The van der Waals surface area contributed by atoms with E-state index >= 15 is 0 Å². The fraction of sp³-hybridized carbons (Fsp3) is 0.714. The maximum Gasteiger partial charge on any atom is 0.283 e. The summed E-state index contributed by atoms with van der Waals surface area (Å²) in [6.45, 7) is 6.93. The zero-order valence-corrected chi connectivity index (χ0v) is 14.0. The van der Waals surface area contributed by atoms with E-state index in [1.807, 2.05) is 0 Å². The molecule has 0 radical (unpaired) electrons. The first kappa shape index (κ1) is 17.2. The Hall–Kier alpha value is -0.880. The highest BCUT2D eigenvalue weighted by atomic mass is 79.9. The molecule has 2 N–H and O–H groups in total. The summed E-state index contributed by atoms with van der Waals surface area (Å²) in [5.41, 5.74) is 0.507. The molecule has 20 heavy (non-hydrogen) atoms. The number of halogens is 1. The third-order valence-corrected chi connectivity index (χ3v) is 3.81. The number of anilines is 1. The Labute approximate surface area is 128 Å². The topological polar surface area (TPSA) is 67.2 Å². The lowest BCUT2D eigenvalue weighted by atomic mass is 10.0. The van der Waals surface area contributed by atoms with Gasteiger partial charge in [0.25, 0.3) is 5.56 Å². The number of hydrogen-bond acceptors (Lipinski definition) is 4. The van der Waals surface area contributed by atoms with Gasteiger partial charge in [0, 0.05) is 12.6 Å². The Morgan fingerprint density at radius 3 is 2.75 bits per heavy atom. The van der Waals surface area contributed by atoms with Gasteiger partial charge in [-0.25, -0.2) is 4.68 Å². The highest BCUT2D eigenvalue weighted by Crippen LogP contribution is 2.19. The van der Waals surface area contributed by atoms with E-state index in [0.717, 1.165) is 19.3 Å². The lowest BCUT2D eigenvalue weighted by Crippen LogP contribution is -2.29. The van der Waals surface area contributed by atoms with Gasteiger partial charge in [-0.2, -0.15) is 5.10 Å². The first-order valence-corrected chi connectivity index (χ1v) is 7.91. The number of unbranched alkanes of at least 4 members (excludes halogenated alkanes) is 1. The van der Waals surface area contributed by atoms with Crippen LogP contribution in [0.5, 0.6) is 0 Å². The summed E-state index contributed by atoms with van der Waals surface area (Å²) in [4.78, 5) is 12.1. The number of aliphatic hydroxyl groups excluding tert-OH is 1. The molecule has 0 saturated heterocycles. The van der Waals surface area contributed by atoms with Crippen molar-refractivity contribution in [2.45, 2.75) is 52.6 Å². The van der Waals surface area contributed by atoms with Crippen LogP contribution in [0.2, 0.25) is 0 Å². The number of nitrogens with one attached hydrogen (secondary N) is 1. The summed E-state index contributed by atoms with van der Waals surface area (Å²) in [5.74, 6) is 0.469. The Balaban J connectivity index is 2.86. The fourth-order valence-corrected chi connectivity index (χ4v) is 2.42. The van der Waals surface area contributed by atoms with Gasteiger partial charge in [0.15, 0.2) is 0 Å². The monoisotopic (exact) mass is 345 g/mol. The van der Waals surface area contributed by atoms with Crippen LogP contribution in [0.25, 0.3) is 0 Å². The van der Waals surface area contributed by atoms with Crippen molar-refractivity contribution in [1.29, 1.82) is 0 Å². The molecule has 1 aromatic heterocycles. The minimum absolute atomic E-state index is 0.0313. The van der Waals surface area contributed by atoms with Crippen molar-refractivity contribution in [2.75, 3.05) is 11.9 Å². The van der Waals surface area contributed by atoms with Gasteiger partial charge in [0.1, 0.15) is 4.47 Å². The maximum absolute atomic E-state index is 12.1. The van der Waals surface area contributed by atoms with Gasteiger partial charge in [0.2, 0.25) is 0 Å². The minimum atomic E-state index is -0.135. The Kier molecular flexibility index (Phi) is 7.23. The maximum atomic E-state index is 12.1. The second-order valence-corrected chi connectivity index (χ2v) is 6.20. The van der Waals surface area contributed by atoms with E-state index in [-0.39, 0.29) is 18.2 Å². The van der Waals surface area contributed by atoms with Gasteiger partial charge in [0.05, 0.1) is 18.5 Å². The van der Waals surface area contributed by atoms with E-state index in [1.165, 1.54) is 4.68 Å². The fourth-order valence-electron chi connectivity index (χ4n) is 2.00. The molecule has 1 heterocycles. The van der Waals surface area contributed by atoms with Gasteiger partial charge in [-0.3, -0.25) is 4.79 Å². The molecule has 0 aliphatic rings. The van der Waals surface area contributed by atoms with Crippen molar-refractivity contribution < 1.29 is 5.11 Å². The SMILES string of the molecule is CCCCn1ncc(NC(CO)CC(C)C)c(Br)c1=O. The number of nitrogens with zero attached hydrogens (tertiary/aromatic N) is 2. The zero-order valence-electron chi connectivity index (χ0n) is 12.4. The van der Waals surface area contributed by atoms with Crippen LogP contribution in [0.3, 0.4) is 0 Å². The van der Waals surface area contributed by atoms with Crippen molar-refractivity contribution in [3.8, 4) is 0 Å². The lowest BCUT2D eigenvalue weighted by molar-refractivity contribution is 0.259. The molecule has 0 fully saturated rings. The molecule has 1 atom stereocenters. The van der Waals surface area contributed by atoms with Crippen LogP contribution in [0.1, 0.15) is 40.0 Å². The van der Waals surface area contributed by atoms with Gasteiger partial charge < -0.3 is 10.4 Å². The van der Waals surface area contributed by atoms with Gasteiger partial charge in [-0.15, -0.1) is 0 Å². The standard InChI is InChI=1S/C14H24BrN3O2/c1-4-5-6-18-14(20)13(15)12(8-16-18)17-11(9-19)7-10(2)3/h8,10-11,17,19H,4-7,9H2,1-3H3. The predicted octanol–water partition coefficient (Wildman–Crippen LogP) is 2.62. The number of aryl methyl sites for hydroxylation is 1. The average Bonchev–Trinajstić information content (AvgIpc) is 2.41. The van der Waals surface area contributed by atoms with E-state index in [1.54, 1.807) is 6.20 Å². The first-order valence-electron chi connectivity index (χ1n) is 7.12. The quantitative estimate of drug-likeness (QED) is 0.759. The number of hydrogen-bond donors (Lipinski definition) is 2. The number of rotatable bonds is 8. The summed E-state index contributed by atoms with van der Waals surface area (Å²) in [6, 6.07) is -0.0704. The van der Waals surface area contributed by atoms with E-state index in [9.17, 15) is 9.90 Å². The average molecular weight is 346 g/mol. The third-order valence-electron chi connectivity index (χ3n) is 3.04. The molecule has 0 bridgehead atoms. The predicted molar refractivity (Wildman–Crippen MR) is 85.1 cm³/mol. The van der Waals surface area contributed by atoms with Crippen LogP contribution in [0.4, 0.5) is 5.69 Å². The summed E-state index contributed by atoms with van der Waals surface area (Å²) < 4.78 is 1.95. The number of aromatic nitrogens is 2. The smallest absolute Gasteiger partial charge is 0.283 e. The van der Waals surface area contributed by atoms with Crippen LogP contribution in [-0.2, 0) is 6.54 Å². The van der Waals surface area contributed by atoms with Crippen molar-refractivity contribution in [3.63, 3.8) is 0 Å². The van der Waals surface area contributed by atoms with Crippen LogP contribution in [-0.4, -0.2) is 27.5 Å². The van der Waals surface area contributed by atoms with Crippen molar-refractivity contribution in [3.05, 3.63) is 21.0 Å². The largest absolute Gasteiger partial charge is 0.394 e. The second-order valence-electron chi connectivity index (χ2n) is 5.41. The highest BCUT2D eigenvalue weighted by Gasteiger charge is 2.14. The molecule has 6 heteroatoms. The molecule has 0 saturated carbocycles.